The van der Waals surface area contributed by atoms with E-state index in [4.69, 9.17) is 5.26 Å². The average molecular weight is 123 g/mol. The fourth-order valence-electron chi connectivity index (χ4n) is 0.684. The lowest BCUT2D eigenvalue weighted by Gasteiger charge is -1.99. The first-order chi connectivity index (χ1) is 4.33. The monoisotopic (exact) mass is 123 g/mol. The summed E-state index contributed by atoms with van der Waals surface area (Å²) >= 11 is 0. The standard InChI is InChI=1S/C6H7N2O/c7-3-6(1-2-6)4-8-5-9/h1-2,4H2,(H,8,9). The van der Waals surface area contributed by atoms with Crippen molar-refractivity contribution < 1.29 is 4.79 Å². The summed E-state index contributed by atoms with van der Waals surface area (Å²) in [4.78, 5) is 9.65. The Balaban J connectivity index is 2.27. The van der Waals surface area contributed by atoms with Gasteiger partial charge in [0.25, 0.3) is 0 Å². The minimum atomic E-state index is -0.225. The van der Waals surface area contributed by atoms with Crippen LogP contribution in [0.2, 0.25) is 0 Å². The Morgan fingerprint density at radius 3 is 2.67 bits per heavy atom. The number of nitrogens with one attached hydrogen (secondary N) is 1. The van der Waals surface area contributed by atoms with Crippen molar-refractivity contribution >= 4 is 6.41 Å². The second kappa shape index (κ2) is 2.06. The molecule has 1 saturated carbocycles. The molecule has 1 N–H and O–H groups in total. The highest BCUT2D eigenvalue weighted by atomic mass is 16.1. The van der Waals surface area contributed by atoms with Crippen molar-refractivity contribution in [1.29, 1.82) is 5.26 Å². The lowest BCUT2D eigenvalue weighted by atomic mass is 10.1. The molecule has 1 radical (unpaired) electrons. The first-order valence-electron chi connectivity index (χ1n) is 2.84. The third kappa shape index (κ3) is 1.20. The predicted octanol–water partition coefficient (Wildman–Crippen LogP) is -0.0530. The maximum absolute atomic E-state index is 9.65. The van der Waals surface area contributed by atoms with E-state index in [-0.39, 0.29) is 5.41 Å². The van der Waals surface area contributed by atoms with Crippen molar-refractivity contribution in [2.24, 2.45) is 5.41 Å². The van der Waals surface area contributed by atoms with Gasteiger partial charge in [0, 0.05) is 6.54 Å². The smallest absolute Gasteiger partial charge is 0.309 e. The Bertz CT molecular complexity index is 155. The molecule has 0 heterocycles. The largest absolute Gasteiger partial charge is 0.346 e. The molecule has 1 aliphatic rings. The highest BCUT2D eigenvalue weighted by molar-refractivity contribution is 5.47. The van der Waals surface area contributed by atoms with Crippen LogP contribution < -0.4 is 5.32 Å². The van der Waals surface area contributed by atoms with Crippen molar-refractivity contribution in [2.45, 2.75) is 12.8 Å². The van der Waals surface area contributed by atoms with Gasteiger partial charge in [-0.2, -0.15) is 5.26 Å². The van der Waals surface area contributed by atoms with Crippen LogP contribution in [0.1, 0.15) is 12.8 Å². The lowest BCUT2D eigenvalue weighted by molar-refractivity contribution is 0.528. The molecule has 0 saturated heterocycles. The number of hydrogen-bond donors (Lipinski definition) is 1. The zero-order valence-electron chi connectivity index (χ0n) is 4.98. The molecule has 0 aromatic rings. The molecule has 3 nitrogen and oxygen atoms in total. The van der Waals surface area contributed by atoms with Crippen LogP contribution in [0, 0.1) is 16.7 Å². The molecule has 0 aromatic heterocycles. The van der Waals surface area contributed by atoms with Crippen LogP contribution in [0.5, 0.6) is 0 Å². The SMILES string of the molecule is N#CC1(CN[C]=O)CC1. The summed E-state index contributed by atoms with van der Waals surface area (Å²) in [5.41, 5.74) is -0.225. The van der Waals surface area contributed by atoms with Gasteiger partial charge in [-0.15, -0.1) is 0 Å². The van der Waals surface area contributed by atoms with Gasteiger partial charge >= 0.3 is 6.41 Å². The Labute approximate surface area is 53.7 Å². The second-order valence-corrected chi connectivity index (χ2v) is 2.35. The molecule has 1 rings (SSSR count). The van der Waals surface area contributed by atoms with E-state index in [1.807, 2.05) is 0 Å². The highest BCUT2D eigenvalue weighted by Gasteiger charge is 2.42. The van der Waals surface area contributed by atoms with E-state index >= 15 is 0 Å². The molecule has 47 valence electrons. The van der Waals surface area contributed by atoms with Gasteiger partial charge in [-0.1, -0.05) is 0 Å². The highest BCUT2D eigenvalue weighted by Crippen LogP contribution is 2.43. The molecular weight excluding hydrogens is 116 g/mol. The van der Waals surface area contributed by atoms with Gasteiger partial charge in [-0.3, -0.25) is 4.79 Å². The van der Waals surface area contributed by atoms with E-state index in [0.717, 1.165) is 12.8 Å². The van der Waals surface area contributed by atoms with Crippen molar-refractivity contribution in [3.63, 3.8) is 0 Å². The van der Waals surface area contributed by atoms with E-state index in [1.165, 1.54) is 0 Å². The fourth-order valence-corrected chi connectivity index (χ4v) is 0.684. The van der Waals surface area contributed by atoms with Gasteiger partial charge < -0.3 is 5.32 Å². The molecule has 0 unspecified atom stereocenters. The number of rotatable bonds is 3. The van der Waals surface area contributed by atoms with Gasteiger partial charge in [0.2, 0.25) is 0 Å². The quantitative estimate of drug-likeness (QED) is 0.535. The van der Waals surface area contributed by atoms with Crippen molar-refractivity contribution in [3.05, 3.63) is 0 Å². The maximum atomic E-state index is 9.65. The first kappa shape index (κ1) is 6.09. The third-order valence-electron chi connectivity index (χ3n) is 1.59. The van der Waals surface area contributed by atoms with Crippen LogP contribution >= 0.6 is 0 Å². The molecule has 1 aliphatic carbocycles. The third-order valence-corrected chi connectivity index (χ3v) is 1.59. The molecule has 1 amide bonds. The minimum absolute atomic E-state index is 0.225. The van der Waals surface area contributed by atoms with Gasteiger partial charge in [0.05, 0.1) is 11.5 Å². The molecule has 0 bridgehead atoms. The topological polar surface area (TPSA) is 52.9 Å². The Hall–Kier alpha value is -1.04. The number of hydrogen-bond acceptors (Lipinski definition) is 2. The number of amides is 1. The Kier molecular flexibility index (Phi) is 1.39. The lowest BCUT2D eigenvalue weighted by Crippen LogP contribution is -2.20. The van der Waals surface area contributed by atoms with Crippen molar-refractivity contribution in [1.82, 2.24) is 5.32 Å². The van der Waals surface area contributed by atoms with Gasteiger partial charge in [0.1, 0.15) is 0 Å². The summed E-state index contributed by atoms with van der Waals surface area (Å²) in [5.74, 6) is 0. The summed E-state index contributed by atoms with van der Waals surface area (Å²) < 4.78 is 0. The summed E-state index contributed by atoms with van der Waals surface area (Å²) in [6.07, 6.45) is 3.38. The number of nitrogens with zero attached hydrogens (tertiary/aromatic N) is 1. The normalized spacial score (nSPS) is 19.9. The average Bonchev–Trinajstić information content (AvgIpc) is 2.65. The predicted molar refractivity (Wildman–Crippen MR) is 31.0 cm³/mol. The summed E-state index contributed by atoms with van der Waals surface area (Å²) in [6, 6.07) is 2.15. The summed E-state index contributed by atoms with van der Waals surface area (Å²) in [5, 5.41) is 10.8. The van der Waals surface area contributed by atoms with Crippen LogP contribution in [0.25, 0.3) is 0 Å². The molecule has 3 heteroatoms. The summed E-state index contributed by atoms with van der Waals surface area (Å²) in [6.45, 7) is 0.465. The van der Waals surface area contributed by atoms with E-state index in [0.29, 0.717) is 6.54 Å². The fraction of sp³-hybridized carbons (Fsp3) is 0.667. The van der Waals surface area contributed by atoms with Crippen LogP contribution in [-0.2, 0) is 4.79 Å². The van der Waals surface area contributed by atoms with Gasteiger partial charge in [0.15, 0.2) is 0 Å². The van der Waals surface area contributed by atoms with Crippen molar-refractivity contribution in [3.8, 4) is 6.07 Å². The van der Waals surface area contributed by atoms with E-state index in [2.05, 4.69) is 11.4 Å². The Morgan fingerprint density at radius 1 is 1.67 bits per heavy atom. The van der Waals surface area contributed by atoms with Gasteiger partial charge in [-0.25, -0.2) is 0 Å². The van der Waals surface area contributed by atoms with Crippen LogP contribution in [0.15, 0.2) is 0 Å². The van der Waals surface area contributed by atoms with E-state index in [1.54, 1.807) is 6.41 Å². The number of nitriles is 1. The van der Waals surface area contributed by atoms with Crippen LogP contribution in [0.4, 0.5) is 0 Å². The second-order valence-electron chi connectivity index (χ2n) is 2.35. The molecule has 0 spiro atoms. The zero-order chi connectivity index (χ0) is 6.74. The molecular formula is C6H7N2O. The number of carbonyl (C=O) groups excluding carboxylic acids is 1. The van der Waals surface area contributed by atoms with Gasteiger partial charge in [-0.05, 0) is 12.8 Å². The molecule has 0 atom stereocenters. The zero-order valence-corrected chi connectivity index (χ0v) is 4.98. The van der Waals surface area contributed by atoms with Crippen LogP contribution in [0.3, 0.4) is 0 Å². The molecule has 1 fully saturated rings. The van der Waals surface area contributed by atoms with Crippen molar-refractivity contribution in [2.75, 3.05) is 6.54 Å². The molecule has 0 aromatic carbocycles. The molecule has 0 aliphatic heterocycles. The van der Waals surface area contributed by atoms with Crippen LogP contribution in [-0.4, -0.2) is 13.0 Å². The minimum Gasteiger partial charge on any atom is -0.346 e. The van der Waals surface area contributed by atoms with E-state index in [9.17, 15) is 4.79 Å². The first-order valence-corrected chi connectivity index (χ1v) is 2.84. The van der Waals surface area contributed by atoms with E-state index < -0.39 is 0 Å². The summed E-state index contributed by atoms with van der Waals surface area (Å²) in [7, 11) is 0. The Morgan fingerprint density at radius 2 is 2.33 bits per heavy atom. The maximum Gasteiger partial charge on any atom is 0.309 e. The molecule has 9 heavy (non-hydrogen) atoms.